The fourth-order valence-electron chi connectivity index (χ4n) is 1.71. The van der Waals surface area contributed by atoms with Crippen molar-refractivity contribution in [1.82, 2.24) is 0 Å². The van der Waals surface area contributed by atoms with Crippen LogP contribution < -0.4 is 15.2 Å². The Balaban J connectivity index is 3.26. The summed E-state index contributed by atoms with van der Waals surface area (Å²) in [6, 6.07) is 3.60. The Hall–Kier alpha value is -1.30. The van der Waals surface area contributed by atoms with E-state index in [1.807, 2.05) is 6.07 Å². The molecule has 0 aromatic heterocycles. The van der Waals surface area contributed by atoms with Crippen LogP contribution in [0.5, 0.6) is 11.5 Å². The van der Waals surface area contributed by atoms with Crippen molar-refractivity contribution in [1.29, 1.82) is 0 Å². The summed E-state index contributed by atoms with van der Waals surface area (Å²) in [6.45, 7) is 0.543. The molecule has 0 radical (unpaired) electrons. The summed E-state index contributed by atoms with van der Waals surface area (Å²) in [5, 5.41) is 9.79. The number of hydrogen-bond acceptors (Lipinski definition) is 5. The second kappa shape index (κ2) is 6.44. The highest BCUT2D eigenvalue weighted by Crippen LogP contribution is 2.37. The summed E-state index contributed by atoms with van der Waals surface area (Å²) >= 11 is 0. The summed E-state index contributed by atoms with van der Waals surface area (Å²) in [7, 11) is 4.69. The Morgan fingerprint density at radius 3 is 2.29 bits per heavy atom. The standard InChI is InChI=1S/C12H19NO4/c1-15-7-8-4-5-9(10(14)6-13)12(17-3)11(8)16-2/h4-5,10,14H,6-7,13H2,1-3H3. The maximum atomic E-state index is 9.79. The molecule has 5 heteroatoms. The molecule has 0 fully saturated rings. The van der Waals surface area contributed by atoms with Crippen molar-refractivity contribution in [2.45, 2.75) is 12.7 Å². The van der Waals surface area contributed by atoms with Crippen molar-refractivity contribution in [3.63, 3.8) is 0 Å². The molecule has 1 aromatic carbocycles. The number of aliphatic hydroxyl groups excluding tert-OH is 1. The second-order valence-corrected chi connectivity index (χ2v) is 3.56. The van der Waals surface area contributed by atoms with Gasteiger partial charge in [0.2, 0.25) is 0 Å². The Bertz CT molecular complexity index is 368. The number of ether oxygens (including phenoxy) is 3. The summed E-state index contributed by atoms with van der Waals surface area (Å²) in [6.07, 6.45) is -0.768. The third kappa shape index (κ3) is 2.88. The van der Waals surface area contributed by atoms with Gasteiger partial charge in [-0.15, -0.1) is 0 Å². The van der Waals surface area contributed by atoms with E-state index in [2.05, 4.69) is 0 Å². The van der Waals surface area contributed by atoms with Gasteiger partial charge in [0, 0.05) is 24.8 Å². The van der Waals surface area contributed by atoms with E-state index in [0.29, 0.717) is 23.7 Å². The van der Waals surface area contributed by atoms with Crippen LogP contribution in [0, 0.1) is 0 Å². The predicted octanol–water partition coefficient (Wildman–Crippen LogP) is 0.842. The molecule has 3 N–H and O–H groups in total. The zero-order valence-corrected chi connectivity index (χ0v) is 10.4. The fraction of sp³-hybridized carbons (Fsp3) is 0.500. The molecule has 0 aliphatic carbocycles. The number of nitrogens with two attached hydrogens (primary N) is 1. The molecule has 0 saturated carbocycles. The van der Waals surface area contributed by atoms with Crippen molar-refractivity contribution in [3.8, 4) is 11.5 Å². The Labute approximate surface area is 101 Å². The highest BCUT2D eigenvalue weighted by Gasteiger charge is 2.19. The topological polar surface area (TPSA) is 73.9 Å². The van der Waals surface area contributed by atoms with Gasteiger partial charge in [-0.1, -0.05) is 12.1 Å². The molecule has 0 spiro atoms. The molecule has 96 valence electrons. The van der Waals surface area contributed by atoms with E-state index < -0.39 is 6.10 Å². The second-order valence-electron chi connectivity index (χ2n) is 3.56. The molecule has 1 unspecified atom stereocenters. The first-order valence-electron chi connectivity index (χ1n) is 5.30. The number of aliphatic hydroxyl groups is 1. The molecular formula is C12H19NO4. The summed E-state index contributed by atoms with van der Waals surface area (Å²) < 4.78 is 15.7. The molecule has 0 bridgehead atoms. The Morgan fingerprint density at radius 2 is 1.82 bits per heavy atom. The number of benzene rings is 1. The molecular weight excluding hydrogens is 222 g/mol. The SMILES string of the molecule is COCc1ccc(C(O)CN)c(OC)c1OC. The van der Waals surface area contributed by atoms with Crippen LogP contribution in [0.3, 0.4) is 0 Å². The highest BCUT2D eigenvalue weighted by atomic mass is 16.5. The normalized spacial score (nSPS) is 12.3. The van der Waals surface area contributed by atoms with Gasteiger partial charge in [0.25, 0.3) is 0 Å². The first-order valence-corrected chi connectivity index (χ1v) is 5.30. The Kier molecular flexibility index (Phi) is 5.21. The largest absolute Gasteiger partial charge is 0.492 e. The van der Waals surface area contributed by atoms with Crippen LogP contribution in [0.4, 0.5) is 0 Å². The first-order chi connectivity index (χ1) is 8.19. The smallest absolute Gasteiger partial charge is 0.166 e. The lowest BCUT2D eigenvalue weighted by Crippen LogP contribution is -2.13. The lowest BCUT2D eigenvalue weighted by Gasteiger charge is -2.18. The molecule has 0 amide bonds. The lowest BCUT2D eigenvalue weighted by atomic mass is 10.0. The van der Waals surface area contributed by atoms with E-state index in [-0.39, 0.29) is 6.54 Å². The number of rotatable bonds is 6. The zero-order chi connectivity index (χ0) is 12.8. The average molecular weight is 241 g/mol. The van der Waals surface area contributed by atoms with E-state index >= 15 is 0 Å². The summed E-state index contributed by atoms with van der Waals surface area (Å²) in [4.78, 5) is 0. The fourth-order valence-corrected chi connectivity index (χ4v) is 1.71. The Morgan fingerprint density at radius 1 is 1.18 bits per heavy atom. The highest BCUT2D eigenvalue weighted by molar-refractivity contribution is 5.52. The van der Waals surface area contributed by atoms with Crippen LogP contribution in [-0.4, -0.2) is 33.0 Å². The lowest BCUT2D eigenvalue weighted by molar-refractivity contribution is 0.175. The number of hydrogen-bond donors (Lipinski definition) is 2. The van der Waals surface area contributed by atoms with Crippen molar-refractivity contribution in [2.75, 3.05) is 27.9 Å². The van der Waals surface area contributed by atoms with Crippen LogP contribution in [-0.2, 0) is 11.3 Å². The van der Waals surface area contributed by atoms with Gasteiger partial charge in [-0.25, -0.2) is 0 Å². The van der Waals surface area contributed by atoms with Gasteiger partial charge in [-0.3, -0.25) is 0 Å². The van der Waals surface area contributed by atoms with Gasteiger partial charge in [-0.05, 0) is 0 Å². The minimum Gasteiger partial charge on any atom is -0.492 e. The van der Waals surface area contributed by atoms with Crippen LogP contribution >= 0.6 is 0 Å². The number of methoxy groups -OCH3 is 3. The van der Waals surface area contributed by atoms with Gasteiger partial charge >= 0.3 is 0 Å². The van der Waals surface area contributed by atoms with E-state index in [1.54, 1.807) is 20.3 Å². The molecule has 17 heavy (non-hydrogen) atoms. The predicted molar refractivity (Wildman–Crippen MR) is 64.3 cm³/mol. The van der Waals surface area contributed by atoms with Crippen LogP contribution in [0.1, 0.15) is 17.2 Å². The molecule has 1 rings (SSSR count). The third-order valence-corrected chi connectivity index (χ3v) is 2.51. The van der Waals surface area contributed by atoms with Crippen LogP contribution in [0.2, 0.25) is 0 Å². The third-order valence-electron chi connectivity index (χ3n) is 2.51. The van der Waals surface area contributed by atoms with Crippen molar-refractivity contribution >= 4 is 0 Å². The minimum atomic E-state index is -0.768. The van der Waals surface area contributed by atoms with E-state index in [4.69, 9.17) is 19.9 Å². The monoisotopic (exact) mass is 241 g/mol. The maximum absolute atomic E-state index is 9.79. The van der Waals surface area contributed by atoms with Crippen LogP contribution in [0.25, 0.3) is 0 Å². The van der Waals surface area contributed by atoms with Crippen molar-refractivity contribution in [3.05, 3.63) is 23.3 Å². The van der Waals surface area contributed by atoms with Crippen LogP contribution in [0.15, 0.2) is 12.1 Å². The quantitative estimate of drug-likeness (QED) is 0.772. The van der Waals surface area contributed by atoms with Gasteiger partial charge in [0.1, 0.15) is 0 Å². The first kappa shape index (κ1) is 13.8. The summed E-state index contributed by atoms with van der Waals surface area (Å²) in [5.41, 5.74) is 6.92. The van der Waals surface area contributed by atoms with Gasteiger partial charge in [-0.2, -0.15) is 0 Å². The molecule has 1 aromatic rings. The molecule has 5 nitrogen and oxygen atoms in total. The molecule has 0 aliphatic heterocycles. The van der Waals surface area contributed by atoms with Gasteiger partial charge in [0.15, 0.2) is 11.5 Å². The van der Waals surface area contributed by atoms with E-state index in [9.17, 15) is 5.11 Å². The minimum absolute atomic E-state index is 0.128. The maximum Gasteiger partial charge on any atom is 0.166 e. The van der Waals surface area contributed by atoms with E-state index in [1.165, 1.54) is 7.11 Å². The van der Waals surface area contributed by atoms with Crippen molar-refractivity contribution in [2.24, 2.45) is 5.73 Å². The molecule has 0 heterocycles. The van der Waals surface area contributed by atoms with Gasteiger partial charge < -0.3 is 25.1 Å². The molecule has 1 atom stereocenters. The molecule has 0 saturated heterocycles. The van der Waals surface area contributed by atoms with Gasteiger partial charge in [0.05, 0.1) is 26.9 Å². The van der Waals surface area contributed by atoms with E-state index in [0.717, 1.165) is 5.56 Å². The average Bonchev–Trinajstić information content (AvgIpc) is 2.37. The molecule has 0 aliphatic rings. The zero-order valence-electron chi connectivity index (χ0n) is 10.4. The van der Waals surface area contributed by atoms with Crippen molar-refractivity contribution < 1.29 is 19.3 Å². The summed E-state index contributed by atoms with van der Waals surface area (Å²) in [5.74, 6) is 1.07.